The van der Waals surface area contributed by atoms with Gasteiger partial charge in [0.2, 0.25) is 0 Å². The van der Waals surface area contributed by atoms with Crippen molar-refractivity contribution < 1.29 is 0 Å². The van der Waals surface area contributed by atoms with Gasteiger partial charge in [0.25, 0.3) is 0 Å². The average Bonchev–Trinajstić information content (AvgIpc) is 2.63. The van der Waals surface area contributed by atoms with E-state index in [1.54, 1.807) is 0 Å². The average molecular weight is 252 g/mol. The van der Waals surface area contributed by atoms with Gasteiger partial charge in [-0.1, -0.05) is 26.7 Å². The van der Waals surface area contributed by atoms with Crippen LogP contribution < -0.4 is 10.6 Å². The third-order valence-electron chi connectivity index (χ3n) is 4.85. The monoisotopic (exact) mass is 252 g/mol. The van der Waals surface area contributed by atoms with Gasteiger partial charge >= 0.3 is 0 Å². The van der Waals surface area contributed by atoms with Gasteiger partial charge in [0, 0.05) is 12.6 Å². The molecular formula is C16H32N2. The molecule has 2 aliphatic rings. The van der Waals surface area contributed by atoms with Crippen LogP contribution in [0, 0.1) is 11.3 Å². The van der Waals surface area contributed by atoms with Gasteiger partial charge in [-0.3, -0.25) is 0 Å². The first kappa shape index (κ1) is 14.3. The lowest BCUT2D eigenvalue weighted by atomic mass is 9.78. The molecule has 0 amide bonds. The first-order chi connectivity index (χ1) is 8.70. The van der Waals surface area contributed by atoms with Gasteiger partial charge in [0.1, 0.15) is 0 Å². The summed E-state index contributed by atoms with van der Waals surface area (Å²) in [4.78, 5) is 0. The first-order valence-electron chi connectivity index (χ1n) is 8.14. The van der Waals surface area contributed by atoms with Crippen LogP contribution in [0.3, 0.4) is 0 Å². The Morgan fingerprint density at radius 1 is 1.11 bits per heavy atom. The Bertz CT molecular complexity index is 223. The van der Waals surface area contributed by atoms with Crippen LogP contribution in [0.1, 0.15) is 65.2 Å². The van der Waals surface area contributed by atoms with E-state index in [1.807, 2.05) is 0 Å². The number of hydrogen-bond donors (Lipinski definition) is 2. The molecule has 1 aliphatic heterocycles. The van der Waals surface area contributed by atoms with Crippen molar-refractivity contribution in [2.24, 2.45) is 11.3 Å². The molecule has 1 atom stereocenters. The van der Waals surface area contributed by atoms with Crippen LogP contribution in [0.15, 0.2) is 0 Å². The highest BCUT2D eigenvalue weighted by Crippen LogP contribution is 2.42. The van der Waals surface area contributed by atoms with Crippen molar-refractivity contribution in [3.8, 4) is 0 Å². The molecule has 0 radical (unpaired) electrons. The van der Waals surface area contributed by atoms with E-state index in [0.29, 0.717) is 5.41 Å². The predicted octanol–water partition coefficient (Wildman–Crippen LogP) is 3.32. The molecule has 2 fully saturated rings. The van der Waals surface area contributed by atoms with Crippen molar-refractivity contribution in [3.63, 3.8) is 0 Å². The van der Waals surface area contributed by atoms with Gasteiger partial charge < -0.3 is 10.6 Å². The molecule has 2 heteroatoms. The summed E-state index contributed by atoms with van der Waals surface area (Å²) in [6.45, 7) is 8.46. The lowest BCUT2D eigenvalue weighted by Gasteiger charge is -2.33. The van der Waals surface area contributed by atoms with Crippen LogP contribution in [-0.4, -0.2) is 25.7 Å². The van der Waals surface area contributed by atoms with Crippen molar-refractivity contribution in [3.05, 3.63) is 0 Å². The van der Waals surface area contributed by atoms with Crippen LogP contribution in [0.25, 0.3) is 0 Å². The Morgan fingerprint density at radius 3 is 2.61 bits per heavy atom. The Balaban J connectivity index is 1.81. The van der Waals surface area contributed by atoms with E-state index >= 15 is 0 Å². The molecule has 18 heavy (non-hydrogen) atoms. The van der Waals surface area contributed by atoms with E-state index in [4.69, 9.17) is 0 Å². The topological polar surface area (TPSA) is 24.1 Å². The maximum absolute atomic E-state index is 3.91. The van der Waals surface area contributed by atoms with Crippen molar-refractivity contribution in [2.75, 3.05) is 19.6 Å². The van der Waals surface area contributed by atoms with E-state index in [2.05, 4.69) is 24.5 Å². The Labute approximate surface area is 113 Å². The summed E-state index contributed by atoms with van der Waals surface area (Å²) in [5, 5.41) is 7.42. The Morgan fingerprint density at radius 2 is 1.89 bits per heavy atom. The van der Waals surface area contributed by atoms with Gasteiger partial charge in [0.15, 0.2) is 0 Å². The van der Waals surface area contributed by atoms with E-state index in [-0.39, 0.29) is 0 Å². The third-order valence-corrected chi connectivity index (χ3v) is 4.85. The molecule has 2 nitrogen and oxygen atoms in total. The van der Waals surface area contributed by atoms with E-state index < -0.39 is 0 Å². The fourth-order valence-corrected chi connectivity index (χ4v) is 4.03. The number of rotatable bonds is 5. The Kier molecular flexibility index (Phi) is 5.50. The van der Waals surface area contributed by atoms with Crippen LogP contribution in [0.4, 0.5) is 0 Å². The SMILES string of the molecule is CC(C)CC1(CNC2CCCNCC2)CCCC1. The zero-order valence-corrected chi connectivity index (χ0v) is 12.4. The highest BCUT2D eigenvalue weighted by Gasteiger charge is 2.34. The minimum Gasteiger partial charge on any atom is -0.317 e. The number of nitrogens with one attached hydrogen (secondary N) is 2. The summed E-state index contributed by atoms with van der Waals surface area (Å²) < 4.78 is 0. The van der Waals surface area contributed by atoms with Gasteiger partial charge in [-0.05, 0) is 62.9 Å². The molecule has 1 saturated heterocycles. The largest absolute Gasteiger partial charge is 0.317 e. The lowest BCUT2D eigenvalue weighted by Crippen LogP contribution is -2.39. The molecule has 1 saturated carbocycles. The molecule has 1 unspecified atom stereocenters. The molecule has 1 aliphatic carbocycles. The second-order valence-electron chi connectivity index (χ2n) is 7.06. The quantitative estimate of drug-likeness (QED) is 0.784. The highest BCUT2D eigenvalue weighted by atomic mass is 15.0. The number of hydrogen-bond acceptors (Lipinski definition) is 2. The van der Waals surface area contributed by atoms with Crippen molar-refractivity contribution in [1.82, 2.24) is 10.6 Å². The second-order valence-corrected chi connectivity index (χ2v) is 7.06. The van der Waals surface area contributed by atoms with Crippen molar-refractivity contribution in [1.29, 1.82) is 0 Å². The summed E-state index contributed by atoms with van der Waals surface area (Å²) in [6, 6.07) is 0.768. The normalized spacial score (nSPS) is 28.5. The summed E-state index contributed by atoms with van der Waals surface area (Å²) in [7, 11) is 0. The Hall–Kier alpha value is -0.0800. The molecule has 1 heterocycles. The summed E-state index contributed by atoms with van der Waals surface area (Å²) in [5.74, 6) is 0.848. The van der Waals surface area contributed by atoms with Crippen molar-refractivity contribution in [2.45, 2.75) is 71.3 Å². The molecule has 0 aromatic heterocycles. The predicted molar refractivity (Wildman–Crippen MR) is 78.9 cm³/mol. The van der Waals surface area contributed by atoms with Crippen LogP contribution in [0.2, 0.25) is 0 Å². The molecule has 2 rings (SSSR count). The molecule has 2 N–H and O–H groups in total. The van der Waals surface area contributed by atoms with Gasteiger partial charge in [-0.2, -0.15) is 0 Å². The molecule has 0 aromatic carbocycles. The van der Waals surface area contributed by atoms with E-state index in [1.165, 1.54) is 71.0 Å². The smallest absolute Gasteiger partial charge is 0.00798 e. The third kappa shape index (κ3) is 4.24. The van der Waals surface area contributed by atoms with Gasteiger partial charge in [-0.15, -0.1) is 0 Å². The van der Waals surface area contributed by atoms with Crippen LogP contribution >= 0.6 is 0 Å². The maximum atomic E-state index is 3.91. The molecule has 106 valence electrons. The lowest BCUT2D eigenvalue weighted by molar-refractivity contribution is 0.212. The van der Waals surface area contributed by atoms with Crippen LogP contribution in [-0.2, 0) is 0 Å². The minimum absolute atomic E-state index is 0.633. The zero-order chi connectivity index (χ0) is 12.8. The van der Waals surface area contributed by atoms with Crippen molar-refractivity contribution >= 4 is 0 Å². The first-order valence-corrected chi connectivity index (χ1v) is 8.14. The standard InChI is InChI=1S/C16H32N2/c1-14(2)12-16(8-3-4-9-16)13-18-15-6-5-10-17-11-7-15/h14-15,17-18H,3-13H2,1-2H3. The summed E-state index contributed by atoms with van der Waals surface area (Å²) in [5.41, 5.74) is 0.633. The van der Waals surface area contributed by atoms with Gasteiger partial charge in [0.05, 0.1) is 0 Å². The molecule has 0 aromatic rings. The molecular weight excluding hydrogens is 220 g/mol. The van der Waals surface area contributed by atoms with Gasteiger partial charge in [-0.25, -0.2) is 0 Å². The summed E-state index contributed by atoms with van der Waals surface area (Å²) >= 11 is 0. The van der Waals surface area contributed by atoms with E-state index in [9.17, 15) is 0 Å². The molecule has 0 bridgehead atoms. The summed E-state index contributed by atoms with van der Waals surface area (Å²) in [6.07, 6.45) is 11.3. The maximum Gasteiger partial charge on any atom is 0.00798 e. The fraction of sp³-hybridized carbons (Fsp3) is 1.00. The highest BCUT2D eigenvalue weighted by molar-refractivity contribution is 4.89. The minimum atomic E-state index is 0.633. The fourth-order valence-electron chi connectivity index (χ4n) is 4.03. The van der Waals surface area contributed by atoms with E-state index in [0.717, 1.165) is 12.0 Å². The van der Waals surface area contributed by atoms with Crippen LogP contribution in [0.5, 0.6) is 0 Å². The molecule has 0 spiro atoms. The zero-order valence-electron chi connectivity index (χ0n) is 12.4. The second kappa shape index (κ2) is 6.91.